The SMILES string of the molecule is COc1ccc([C@H]2CC(c3cccs3)=NN2C(=O)CSc2nnc(CNC(=O)c3cccc(OC)c3)n2-c2cccc(C)c2)cc1. The van der Waals surface area contributed by atoms with Crippen LogP contribution in [0.3, 0.4) is 0 Å². The van der Waals surface area contributed by atoms with Crippen molar-refractivity contribution in [2.45, 2.75) is 31.1 Å². The Labute approximate surface area is 275 Å². The quantitative estimate of drug-likeness (QED) is 0.173. The van der Waals surface area contributed by atoms with Crippen molar-refractivity contribution in [3.8, 4) is 17.2 Å². The van der Waals surface area contributed by atoms with Gasteiger partial charge in [0.2, 0.25) is 0 Å². The largest absolute Gasteiger partial charge is 0.497 e. The number of thiophene rings is 1. The first-order valence-corrected chi connectivity index (χ1v) is 16.4. The minimum atomic E-state index is -0.264. The molecule has 2 aromatic heterocycles. The highest BCUT2D eigenvalue weighted by Gasteiger charge is 2.33. The molecule has 6 rings (SSSR count). The van der Waals surface area contributed by atoms with Crippen LogP contribution in [0.1, 0.15) is 44.6 Å². The molecule has 0 saturated heterocycles. The summed E-state index contributed by atoms with van der Waals surface area (Å²) >= 11 is 2.89. The molecule has 2 amide bonds. The minimum Gasteiger partial charge on any atom is -0.497 e. The average molecular weight is 653 g/mol. The van der Waals surface area contributed by atoms with E-state index >= 15 is 0 Å². The van der Waals surface area contributed by atoms with Crippen LogP contribution >= 0.6 is 23.1 Å². The summed E-state index contributed by atoms with van der Waals surface area (Å²) in [5.74, 6) is 1.56. The number of nitrogens with one attached hydrogen (secondary N) is 1. The highest BCUT2D eigenvalue weighted by atomic mass is 32.2. The van der Waals surface area contributed by atoms with Crippen LogP contribution in [0.15, 0.2) is 101 Å². The van der Waals surface area contributed by atoms with Gasteiger partial charge < -0.3 is 14.8 Å². The standard InChI is InChI=1S/C34H32N6O4S2/c1-22-7-4-9-25(17-22)39-31(20-35-33(42)24-8-5-10-27(18-24)44-3)36-37-34(39)46-21-32(41)40-29(23-12-14-26(43-2)15-13-23)19-28(38-40)30-11-6-16-45-30/h4-18,29H,19-21H2,1-3H3,(H,35,42)/t29-/m1/s1. The third-order valence-corrected chi connectivity index (χ3v) is 9.33. The van der Waals surface area contributed by atoms with Crippen LogP contribution in [0.2, 0.25) is 0 Å². The summed E-state index contributed by atoms with van der Waals surface area (Å²) in [6, 6.07) is 26.4. The monoisotopic (exact) mass is 652 g/mol. The number of ether oxygens (including phenoxy) is 2. The van der Waals surface area contributed by atoms with Crippen LogP contribution in [-0.2, 0) is 11.3 Å². The molecule has 0 bridgehead atoms. The number of carbonyl (C=O) groups excluding carboxylic acids is 2. The lowest BCUT2D eigenvalue weighted by Gasteiger charge is -2.22. The zero-order valence-corrected chi connectivity index (χ0v) is 27.2. The van der Waals surface area contributed by atoms with E-state index in [0.717, 1.165) is 33.2 Å². The van der Waals surface area contributed by atoms with Gasteiger partial charge in [-0.25, -0.2) is 5.01 Å². The molecule has 10 nitrogen and oxygen atoms in total. The smallest absolute Gasteiger partial charge is 0.253 e. The molecule has 1 atom stereocenters. The van der Waals surface area contributed by atoms with E-state index in [2.05, 4.69) is 15.5 Å². The molecule has 234 valence electrons. The Morgan fingerprint density at radius 1 is 0.957 bits per heavy atom. The van der Waals surface area contributed by atoms with Crippen molar-refractivity contribution in [2.24, 2.45) is 5.10 Å². The van der Waals surface area contributed by atoms with Gasteiger partial charge in [-0.1, -0.05) is 48.2 Å². The van der Waals surface area contributed by atoms with Crippen molar-refractivity contribution in [3.63, 3.8) is 0 Å². The van der Waals surface area contributed by atoms with Crippen LogP contribution in [0, 0.1) is 6.92 Å². The lowest BCUT2D eigenvalue weighted by Crippen LogP contribution is -2.28. The molecule has 12 heteroatoms. The number of amides is 2. The van der Waals surface area contributed by atoms with Crippen molar-refractivity contribution in [2.75, 3.05) is 20.0 Å². The van der Waals surface area contributed by atoms with Crippen LogP contribution in [0.5, 0.6) is 11.5 Å². The van der Waals surface area contributed by atoms with Gasteiger partial charge in [-0.15, -0.1) is 21.5 Å². The number of aryl methyl sites for hydroxylation is 1. The molecular formula is C34H32N6O4S2. The maximum Gasteiger partial charge on any atom is 0.253 e. The summed E-state index contributed by atoms with van der Waals surface area (Å²) < 4.78 is 12.5. The molecular weight excluding hydrogens is 621 g/mol. The zero-order chi connectivity index (χ0) is 32.0. The van der Waals surface area contributed by atoms with Gasteiger partial charge in [-0.05, 0) is 72.0 Å². The van der Waals surface area contributed by atoms with Gasteiger partial charge in [0, 0.05) is 17.7 Å². The predicted molar refractivity (Wildman–Crippen MR) is 179 cm³/mol. The summed E-state index contributed by atoms with van der Waals surface area (Å²) in [4.78, 5) is 27.8. The summed E-state index contributed by atoms with van der Waals surface area (Å²) in [6.07, 6.45) is 0.611. The number of carbonyl (C=O) groups is 2. The molecule has 0 aliphatic carbocycles. The first-order chi connectivity index (χ1) is 22.4. The van der Waals surface area contributed by atoms with Gasteiger partial charge in [0.25, 0.3) is 11.8 Å². The lowest BCUT2D eigenvalue weighted by molar-refractivity contribution is -0.130. The summed E-state index contributed by atoms with van der Waals surface area (Å²) in [6.45, 7) is 2.13. The maximum atomic E-state index is 13.8. The molecule has 3 aromatic carbocycles. The molecule has 0 unspecified atom stereocenters. The second kappa shape index (κ2) is 14.0. The van der Waals surface area contributed by atoms with Crippen molar-refractivity contribution in [1.29, 1.82) is 0 Å². The fourth-order valence-corrected chi connectivity index (χ4v) is 6.71. The minimum absolute atomic E-state index is 0.0913. The maximum absolute atomic E-state index is 13.8. The summed E-state index contributed by atoms with van der Waals surface area (Å²) in [7, 11) is 3.19. The average Bonchev–Trinajstić information content (AvgIpc) is 3.86. The molecule has 0 fully saturated rings. The number of thioether (sulfide) groups is 1. The third-order valence-electron chi connectivity index (χ3n) is 7.50. The van der Waals surface area contributed by atoms with Crippen molar-refractivity contribution in [1.82, 2.24) is 25.1 Å². The second-order valence-corrected chi connectivity index (χ2v) is 12.4. The van der Waals surface area contributed by atoms with E-state index in [1.807, 2.05) is 77.5 Å². The molecule has 3 heterocycles. The van der Waals surface area contributed by atoms with E-state index in [4.69, 9.17) is 14.6 Å². The number of methoxy groups -OCH3 is 2. The van der Waals surface area contributed by atoms with Gasteiger partial charge in [-0.2, -0.15) is 5.10 Å². The number of nitrogens with zero attached hydrogens (tertiary/aromatic N) is 5. The number of aromatic nitrogens is 3. The second-order valence-electron chi connectivity index (χ2n) is 10.5. The Morgan fingerprint density at radius 3 is 2.50 bits per heavy atom. The first kappa shape index (κ1) is 31.1. The Kier molecular flexibility index (Phi) is 9.46. The van der Waals surface area contributed by atoms with E-state index in [1.165, 1.54) is 11.8 Å². The fourth-order valence-electron chi connectivity index (χ4n) is 5.17. The molecule has 5 aromatic rings. The normalized spacial score (nSPS) is 14.2. The summed E-state index contributed by atoms with van der Waals surface area (Å²) in [5, 5.41) is 20.7. The number of hydrazone groups is 1. The van der Waals surface area contributed by atoms with Gasteiger partial charge >= 0.3 is 0 Å². The Balaban J connectivity index is 1.23. The highest BCUT2D eigenvalue weighted by Crippen LogP contribution is 2.35. The molecule has 1 aliphatic heterocycles. The zero-order valence-electron chi connectivity index (χ0n) is 25.5. The Bertz CT molecular complexity index is 1870. The number of rotatable bonds is 11. The van der Waals surface area contributed by atoms with Crippen LogP contribution in [0.25, 0.3) is 5.69 Å². The van der Waals surface area contributed by atoms with Gasteiger partial charge in [0.15, 0.2) is 11.0 Å². The summed E-state index contributed by atoms with van der Waals surface area (Å²) in [5.41, 5.74) is 4.22. The van der Waals surface area contributed by atoms with Crippen molar-refractivity contribution < 1.29 is 19.1 Å². The van der Waals surface area contributed by atoms with E-state index in [0.29, 0.717) is 28.7 Å². The molecule has 0 saturated carbocycles. The molecule has 1 N–H and O–H groups in total. The van der Waals surface area contributed by atoms with Crippen LogP contribution < -0.4 is 14.8 Å². The topological polar surface area (TPSA) is 111 Å². The Hall–Kier alpha value is -4.94. The van der Waals surface area contributed by atoms with E-state index in [-0.39, 0.29) is 30.2 Å². The molecule has 46 heavy (non-hydrogen) atoms. The number of benzene rings is 3. The van der Waals surface area contributed by atoms with Gasteiger partial charge in [0.1, 0.15) is 11.5 Å². The van der Waals surface area contributed by atoms with E-state index in [1.54, 1.807) is 54.8 Å². The fraction of sp³-hybridized carbons (Fsp3) is 0.206. The van der Waals surface area contributed by atoms with Crippen molar-refractivity contribution >= 4 is 40.6 Å². The third kappa shape index (κ3) is 6.82. The lowest BCUT2D eigenvalue weighted by atomic mass is 10.0. The number of hydrogen-bond donors (Lipinski definition) is 1. The van der Waals surface area contributed by atoms with E-state index in [9.17, 15) is 9.59 Å². The Morgan fingerprint density at radius 2 is 1.76 bits per heavy atom. The first-order valence-electron chi connectivity index (χ1n) is 14.6. The number of hydrogen-bond acceptors (Lipinski definition) is 9. The molecule has 1 aliphatic rings. The van der Waals surface area contributed by atoms with Gasteiger partial charge in [0.05, 0.1) is 43.1 Å². The molecule has 0 spiro atoms. The van der Waals surface area contributed by atoms with E-state index < -0.39 is 0 Å². The van der Waals surface area contributed by atoms with Crippen LogP contribution in [-0.4, -0.2) is 57.3 Å². The molecule has 0 radical (unpaired) electrons. The van der Waals surface area contributed by atoms with Crippen LogP contribution in [0.4, 0.5) is 0 Å². The highest BCUT2D eigenvalue weighted by molar-refractivity contribution is 7.99. The van der Waals surface area contributed by atoms with Gasteiger partial charge in [-0.3, -0.25) is 14.2 Å². The predicted octanol–water partition coefficient (Wildman–Crippen LogP) is 6.05. The van der Waals surface area contributed by atoms with Crippen molar-refractivity contribution in [3.05, 3.63) is 118 Å².